The summed E-state index contributed by atoms with van der Waals surface area (Å²) in [6.07, 6.45) is 4.03. The molecule has 2 rings (SSSR count). The normalized spacial score (nSPS) is 24.3. The SMILES string of the molecule is NC1CCC(Nc2ccccc2C(=O)O)CC1. The molecule has 1 fully saturated rings. The van der Waals surface area contributed by atoms with Crippen molar-refractivity contribution in [3.8, 4) is 0 Å². The summed E-state index contributed by atoms with van der Waals surface area (Å²) in [5, 5.41) is 12.4. The molecule has 0 aromatic heterocycles. The van der Waals surface area contributed by atoms with Crippen molar-refractivity contribution in [1.29, 1.82) is 0 Å². The zero-order valence-electron chi connectivity index (χ0n) is 9.73. The van der Waals surface area contributed by atoms with Gasteiger partial charge in [0.25, 0.3) is 0 Å². The summed E-state index contributed by atoms with van der Waals surface area (Å²) in [4.78, 5) is 11.1. The Kier molecular flexibility index (Phi) is 3.64. The summed E-state index contributed by atoms with van der Waals surface area (Å²) in [6, 6.07) is 7.68. The highest BCUT2D eigenvalue weighted by Gasteiger charge is 2.19. The molecule has 0 bridgehead atoms. The third kappa shape index (κ3) is 2.97. The first-order chi connectivity index (χ1) is 8.16. The summed E-state index contributed by atoms with van der Waals surface area (Å²) in [5.41, 5.74) is 6.89. The lowest BCUT2D eigenvalue weighted by atomic mass is 9.91. The van der Waals surface area contributed by atoms with Crippen LogP contribution in [0.4, 0.5) is 5.69 Å². The second-order valence-corrected chi connectivity index (χ2v) is 4.61. The standard InChI is InChI=1S/C13H18N2O2/c14-9-5-7-10(8-6-9)15-12-4-2-1-3-11(12)13(16)17/h1-4,9-10,15H,5-8,14H2,(H,16,17). The van der Waals surface area contributed by atoms with Gasteiger partial charge in [0.15, 0.2) is 0 Å². The van der Waals surface area contributed by atoms with Gasteiger partial charge in [-0.15, -0.1) is 0 Å². The largest absolute Gasteiger partial charge is 0.478 e. The molecule has 1 aliphatic rings. The van der Waals surface area contributed by atoms with E-state index in [1.807, 2.05) is 12.1 Å². The maximum atomic E-state index is 11.1. The third-order valence-electron chi connectivity index (χ3n) is 3.29. The number of rotatable bonds is 3. The monoisotopic (exact) mass is 234 g/mol. The Morgan fingerprint density at radius 3 is 2.53 bits per heavy atom. The Balaban J connectivity index is 2.05. The zero-order chi connectivity index (χ0) is 12.3. The van der Waals surface area contributed by atoms with E-state index in [0.29, 0.717) is 23.3 Å². The Morgan fingerprint density at radius 2 is 1.88 bits per heavy atom. The number of benzene rings is 1. The van der Waals surface area contributed by atoms with Gasteiger partial charge in [-0.3, -0.25) is 0 Å². The molecule has 0 aliphatic heterocycles. The molecule has 4 heteroatoms. The van der Waals surface area contributed by atoms with Crippen LogP contribution in [0.25, 0.3) is 0 Å². The Hall–Kier alpha value is -1.55. The molecule has 0 heterocycles. The molecular weight excluding hydrogens is 216 g/mol. The van der Waals surface area contributed by atoms with E-state index in [4.69, 9.17) is 10.8 Å². The first-order valence-corrected chi connectivity index (χ1v) is 6.01. The van der Waals surface area contributed by atoms with Crippen LogP contribution in [0.1, 0.15) is 36.0 Å². The Bertz CT molecular complexity index is 398. The molecule has 0 spiro atoms. The van der Waals surface area contributed by atoms with Gasteiger partial charge in [-0.1, -0.05) is 12.1 Å². The summed E-state index contributed by atoms with van der Waals surface area (Å²) in [6.45, 7) is 0. The second kappa shape index (κ2) is 5.19. The first-order valence-electron chi connectivity index (χ1n) is 6.01. The number of carboxylic acids is 1. The highest BCUT2D eigenvalue weighted by Crippen LogP contribution is 2.23. The molecule has 4 N–H and O–H groups in total. The number of hydrogen-bond donors (Lipinski definition) is 3. The number of nitrogens with one attached hydrogen (secondary N) is 1. The van der Waals surface area contributed by atoms with Crippen LogP contribution >= 0.6 is 0 Å². The molecule has 0 radical (unpaired) electrons. The van der Waals surface area contributed by atoms with E-state index in [-0.39, 0.29) is 0 Å². The number of carbonyl (C=O) groups is 1. The smallest absolute Gasteiger partial charge is 0.337 e. The fourth-order valence-electron chi connectivity index (χ4n) is 2.28. The van der Waals surface area contributed by atoms with Crippen molar-refractivity contribution in [2.75, 3.05) is 5.32 Å². The number of carboxylic acid groups (broad SMARTS) is 1. The lowest BCUT2D eigenvalue weighted by Gasteiger charge is -2.28. The van der Waals surface area contributed by atoms with Gasteiger partial charge in [0.2, 0.25) is 0 Å². The topological polar surface area (TPSA) is 75.3 Å². The van der Waals surface area contributed by atoms with Crippen LogP contribution in [0, 0.1) is 0 Å². The van der Waals surface area contributed by atoms with Crippen molar-refractivity contribution >= 4 is 11.7 Å². The van der Waals surface area contributed by atoms with Crippen molar-refractivity contribution in [3.05, 3.63) is 29.8 Å². The van der Waals surface area contributed by atoms with Crippen LogP contribution in [0.15, 0.2) is 24.3 Å². The summed E-state index contributed by atoms with van der Waals surface area (Å²) < 4.78 is 0. The lowest BCUT2D eigenvalue weighted by Crippen LogP contribution is -2.33. The van der Waals surface area contributed by atoms with Gasteiger partial charge in [0.1, 0.15) is 0 Å². The maximum absolute atomic E-state index is 11.1. The quantitative estimate of drug-likeness (QED) is 0.748. The average Bonchev–Trinajstić information content (AvgIpc) is 2.32. The van der Waals surface area contributed by atoms with E-state index in [1.165, 1.54) is 0 Å². The predicted molar refractivity (Wildman–Crippen MR) is 67.3 cm³/mol. The van der Waals surface area contributed by atoms with Crippen LogP contribution in [-0.4, -0.2) is 23.2 Å². The predicted octanol–water partition coefficient (Wildman–Crippen LogP) is 2.07. The highest BCUT2D eigenvalue weighted by atomic mass is 16.4. The minimum absolute atomic E-state index is 0.308. The van der Waals surface area contributed by atoms with Gasteiger partial charge in [-0.25, -0.2) is 4.79 Å². The molecule has 1 saturated carbocycles. The van der Waals surface area contributed by atoms with Gasteiger partial charge in [0, 0.05) is 17.8 Å². The van der Waals surface area contributed by atoms with Crippen molar-refractivity contribution < 1.29 is 9.90 Å². The first kappa shape index (κ1) is 11.9. The number of para-hydroxylation sites is 1. The summed E-state index contributed by atoms with van der Waals surface area (Å²) in [7, 11) is 0. The zero-order valence-corrected chi connectivity index (χ0v) is 9.73. The molecule has 4 nitrogen and oxygen atoms in total. The number of nitrogens with two attached hydrogens (primary N) is 1. The van der Waals surface area contributed by atoms with Gasteiger partial charge in [-0.2, -0.15) is 0 Å². The number of anilines is 1. The Morgan fingerprint density at radius 1 is 1.24 bits per heavy atom. The molecule has 0 amide bonds. The van der Waals surface area contributed by atoms with Crippen molar-refractivity contribution in [2.24, 2.45) is 5.73 Å². The Labute approximate surface area is 101 Å². The summed E-state index contributed by atoms with van der Waals surface area (Å²) in [5.74, 6) is -0.888. The minimum Gasteiger partial charge on any atom is -0.478 e. The molecule has 0 unspecified atom stereocenters. The molecule has 1 aliphatic carbocycles. The molecule has 0 saturated heterocycles. The molecule has 1 aromatic carbocycles. The summed E-state index contributed by atoms with van der Waals surface area (Å²) >= 11 is 0. The molecule has 0 atom stereocenters. The van der Waals surface area contributed by atoms with Crippen LogP contribution in [0.2, 0.25) is 0 Å². The molecule has 1 aromatic rings. The lowest BCUT2D eigenvalue weighted by molar-refractivity contribution is 0.0698. The minimum atomic E-state index is -0.888. The van der Waals surface area contributed by atoms with Crippen molar-refractivity contribution in [3.63, 3.8) is 0 Å². The van der Waals surface area contributed by atoms with Crippen molar-refractivity contribution in [1.82, 2.24) is 0 Å². The average molecular weight is 234 g/mol. The van der Waals surface area contributed by atoms with Gasteiger partial charge >= 0.3 is 5.97 Å². The second-order valence-electron chi connectivity index (χ2n) is 4.61. The molecule has 17 heavy (non-hydrogen) atoms. The molecule has 92 valence electrons. The van der Waals surface area contributed by atoms with Crippen LogP contribution < -0.4 is 11.1 Å². The fraction of sp³-hybridized carbons (Fsp3) is 0.462. The van der Waals surface area contributed by atoms with Crippen LogP contribution in [0.3, 0.4) is 0 Å². The fourth-order valence-corrected chi connectivity index (χ4v) is 2.28. The van der Waals surface area contributed by atoms with E-state index in [1.54, 1.807) is 12.1 Å². The van der Waals surface area contributed by atoms with Crippen LogP contribution in [-0.2, 0) is 0 Å². The number of hydrogen-bond acceptors (Lipinski definition) is 3. The highest BCUT2D eigenvalue weighted by molar-refractivity contribution is 5.94. The van der Waals surface area contributed by atoms with E-state index >= 15 is 0 Å². The third-order valence-corrected chi connectivity index (χ3v) is 3.29. The number of aromatic carboxylic acids is 1. The van der Waals surface area contributed by atoms with E-state index in [0.717, 1.165) is 25.7 Å². The van der Waals surface area contributed by atoms with Gasteiger partial charge in [-0.05, 0) is 37.8 Å². The maximum Gasteiger partial charge on any atom is 0.337 e. The molecular formula is C13H18N2O2. The van der Waals surface area contributed by atoms with E-state index in [9.17, 15) is 4.79 Å². The van der Waals surface area contributed by atoms with Gasteiger partial charge in [0.05, 0.1) is 5.56 Å². The van der Waals surface area contributed by atoms with Gasteiger partial charge < -0.3 is 16.2 Å². The van der Waals surface area contributed by atoms with E-state index < -0.39 is 5.97 Å². The van der Waals surface area contributed by atoms with E-state index in [2.05, 4.69) is 5.32 Å². The van der Waals surface area contributed by atoms with Crippen LogP contribution in [0.5, 0.6) is 0 Å². The van der Waals surface area contributed by atoms with Crippen molar-refractivity contribution in [2.45, 2.75) is 37.8 Å².